The highest BCUT2D eigenvalue weighted by Gasteiger charge is 2.11. The summed E-state index contributed by atoms with van der Waals surface area (Å²) < 4.78 is 5.24. The molecule has 0 spiro atoms. The highest BCUT2D eigenvalue weighted by Crippen LogP contribution is 1.98. The second-order valence-electron chi connectivity index (χ2n) is 4.16. The minimum Gasteiger partial charge on any atom is -0.477 e. The molecule has 0 radical (unpaired) electrons. The largest absolute Gasteiger partial charge is 0.477 e. The van der Waals surface area contributed by atoms with Crippen LogP contribution in [0.15, 0.2) is 11.0 Å². The molecule has 0 amide bonds. The van der Waals surface area contributed by atoms with E-state index in [-0.39, 0.29) is 11.5 Å². The van der Waals surface area contributed by atoms with Gasteiger partial charge in [-0.05, 0) is 0 Å². The van der Waals surface area contributed by atoms with Crippen molar-refractivity contribution in [1.82, 2.24) is 14.9 Å². The van der Waals surface area contributed by atoms with E-state index in [4.69, 9.17) is 9.84 Å². The lowest BCUT2D eigenvalue weighted by molar-refractivity contribution is 0.0398. The van der Waals surface area contributed by atoms with Crippen molar-refractivity contribution in [1.29, 1.82) is 0 Å². The average Bonchev–Trinajstić information content (AvgIpc) is 2.39. The minimum absolute atomic E-state index is 0.281. The van der Waals surface area contributed by atoms with Gasteiger partial charge in [-0.1, -0.05) is 0 Å². The van der Waals surface area contributed by atoms with Crippen LogP contribution in [-0.4, -0.2) is 65.3 Å². The second-order valence-corrected chi connectivity index (χ2v) is 4.16. The van der Waals surface area contributed by atoms with Gasteiger partial charge in [0.2, 0.25) is 5.95 Å². The number of nitrogens with zero attached hydrogens (tertiary/aromatic N) is 2. The number of H-pyrrole nitrogens is 1. The zero-order valence-corrected chi connectivity index (χ0v) is 10.4. The Morgan fingerprint density at radius 1 is 1.53 bits per heavy atom. The maximum absolute atomic E-state index is 11.4. The molecule has 1 aromatic rings. The van der Waals surface area contributed by atoms with Gasteiger partial charge < -0.3 is 15.2 Å². The molecule has 0 aromatic carbocycles. The third-order valence-corrected chi connectivity index (χ3v) is 2.85. The monoisotopic (exact) mass is 268 g/mol. The first-order valence-corrected chi connectivity index (χ1v) is 6.03. The highest BCUT2D eigenvalue weighted by atomic mass is 16.5. The molecule has 19 heavy (non-hydrogen) atoms. The summed E-state index contributed by atoms with van der Waals surface area (Å²) in [5, 5.41) is 11.7. The topological polar surface area (TPSA) is 108 Å². The van der Waals surface area contributed by atoms with Crippen LogP contribution in [0.3, 0.4) is 0 Å². The number of aromatic carboxylic acids is 1. The Morgan fingerprint density at radius 3 is 2.89 bits per heavy atom. The van der Waals surface area contributed by atoms with Crippen molar-refractivity contribution >= 4 is 11.9 Å². The summed E-state index contributed by atoms with van der Waals surface area (Å²) in [6.07, 6.45) is 1.05. The van der Waals surface area contributed by atoms with Crippen LogP contribution in [0.4, 0.5) is 5.95 Å². The van der Waals surface area contributed by atoms with Gasteiger partial charge in [0.1, 0.15) is 5.56 Å². The lowest BCUT2D eigenvalue weighted by Gasteiger charge is -2.26. The molecule has 0 bridgehead atoms. The van der Waals surface area contributed by atoms with E-state index in [1.807, 2.05) is 0 Å². The molecule has 8 nitrogen and oxygen atoms in total. The van der Waals surface area contributed by atoms with Crippen molar-refractivity contribution in [2.24, 2.45) is 0 Å². The maximum atomic E-state index is 11.4. The summed E-state index contributed by atoms with van der Waals surface area (Å²) in [6, 6.07) is 0. The number of carbonyl (C=O) groups is 1. The molecule has 0 saturated carbocycles. The van der Waals surface area contributed by atoms with E-state index in [0.29, 0.717) is 6.54 Å². The molecule has 3 N–H and O–H groups in total. The van der Waals surface area contributed by atoms with E-state index < -0.39 is 11.5 Å². The first-order valence-electron chi connectivity index (χ1n) is 6.03. The normalized spacial score (nSPS) is 16.2. The molecule has 1 fully saturated rings. The number of nitrogens with one attached hydrogen (secondary N) is 2. The number of carboxylic acid groups (broad SMARTS) is 1. The molecule has 2 rings (SSSR count). The standard InChI is InChI=1S/C11H16N4O4/c16-9-8(10(17)18)7-13-11(14-9)12-1-2-15-3-5-19-6-4-15/h7H,1-6H2,(H,17,18)(H2,12,13,14,16). The zero-order chi connectivity index (χ0) is 13.7. The third kappa shape index (κ3) is 3.76. The lowest BCUT2D eigenvalue weighted by Crippen LogP contribution is -2.39. The third-order valence-electron chi connectivity index (χ3n) is 2.85. The molecule has 0 aliphatic carbocycles. The molecule has 2 heterocycles. The maximum Gasteiger partial charge on any atom is 0.342 e. The molecule has 1 aromatic heterocycles. The molecule has 1 aliphatic heterocycles. The number of hydrogen-bond acceptors (Lipinski definition) is 6. The number of ether oxygens (including phenoxy) is 1. The van der Waals surface area contributed by atoms with Crippen molar-refractivity contribution in [3.63, 3.8) is 0 Å². The Bertz CT molecular complexity index is 496. The smallest absolute Gasteiger partial charge is 0.342 e. The van der Waals surface area contributed by atoms with Crippen molar-refractivity contribution < 1.29 is 14.6 Å². The molecule has 1 saturated heterocycles. The van der Waals surface area contributed by atoms with Crippen LogP contribution in [-0.2, 0) is 4.74 Å². The van der Waals surface area contributed by atoms with Crippen LogP contribution in [0.5, 0.6) is 0 Å². The molecule has 8 heteroatoms. The number of aromatic amines is 1. The van der Waals surface area contributed by atoms with E-state index in [9.17, 15) is 9.59 Å². The SMILES string of the molecule is O=C(O)c1cnc(NCCN2CCOCC2)[nH]c1=O. The van der Waals surface area contributed by atoms with Gasteiger partial charge in [-0.25, -0.2) is 9.78 Å². The van der Waals surface area contributed by atoms with E-state index in [2.05, 4.69) is 20.2 Å². The molecular weight excluding hydrogens is 252 g/mol. The highest BCUT2D eigenvalue weighted by molar-refractivity contribution is 5.86. The Kier molecular flexibility index (Phi) is 4.48. The summed E-state index contributed by atoms with van der Waals surface area (Å²) in [5.74, 6) is -1.00. The summed E-state index contributed by atoms with van der Waals surface area (Å²) in [7, 11) is 0. The Hall–Kier alpha value is -1.93. The fourth-order valence-electron chi connectivity index (χ4n) is 1.79. The summed E-state index contributed by atoms with van der Waals surface area (Å²) >= 11 is 0. The minimum atomic E-state index is -1.28. The van der Waals surface area contributed by atoms with Crippen molar-refractivity contribution in [2.75, 3.05) is 44.7 Å². The van der Waals surface area contributed by atoms with Crippen LogP contribution < -0.4 is 10.9 Å². The van der Waals surface area contributed by atoms with Crippen molar-refractivity contribution in [3.8, 4) is 0 Å². The second kappa shape index (κ2) is 6.30. The molecule has 0 atom stereocenters. The predicted octanol–water partition coefficient (Wildman–Crippen LogP) is -0.788. The summed E-state index contributed by atoms with van der Waals surface area (Å²) in [5.41, 5.74) is -1.02. The van der Waals surface area contributed by atoms with Gasteiger partial charge in [-0.3, -0.25) is 14.7 Å². The van der Waals surface area contributed by atoms with Gasteiger partial charge in [0, 0.05) is 26.2 Å². The van der Waals surface area contributed by atoms with Crippen LogP contribution in [0.1, 0.15) is 10.4 Å². The van der Waals surface area contributed by atoms with E-state index in [0.717, 1.165) is 39.0 Å². The van der Waals surface area contributed by atoms with Gasteiger partial charge in [-0.2, -0.15) is 0 Å². The zero-order valence-electron chi connectivity index (χ0n) is 10.4. The number of rotatable bonds is 5. The van der Waals surface area contributed by atoms with Gasteiger partial charge in [-0.15, -0.1) is 0 Å². The van der Waals surface area contributed by atoms with Crippen molar-refractivity contribution in [3.05, 3.63) is 22.1 Å². The number of hydrogen-bond donors (Lipinski definition) is 3. The van der Waals surface area contributed by atoms with Gasteiger partial charge in [0.05, 0.1) is 19.4 Å². The molecule has 0 unspecified atom stereocenters. The number of morpholine rings is 1. The van der Waals surface area contributed by atoms with Crippen molar-refractivity contribution in [2.45, 2.75) is 0 Å². The predicted molar refractivity (Wildman–Crippen MR) is 67.6 cm³/mol. The number of aromatic nitrogens is 2. The first-order chi connectivity index (χ1) is 9.16. The van der Waals surface area contributed by atoms with Crippen LogP contribution in [0.2, 0.25) is 0 Å². The van der Waals surface area contributed by atoms with Gasteiger partial charge >= 0.3 is 5.97 Å². The fourth-order valence-corrected chi connectivity index (χ4v) is 1.79. The van der Waals surface area contributed by atoms with Gasteiger partial charge in [0.15, 0.2) is 0 Å². The summed E-state index contributed by atoms with van der Waals surface area (Å²) in [4.78, 5) is 30.5. The summed E-state index contributed by atoms with van der Waals surface area (Å²) in [6.45, 7) is 4.70. The first kappa shape index (κ1) is 13.5. The quantitative estimate of drug-likeness (QED) is 0.642. The van der Waals surface area contributed by atoms with Crippen LogP contribution >= 0.6 is 0 Å². The molecule has 104 valence electrons. The Labute approximate surface area is 109 Å². The number of carboxylic acids is 1. The van der Waals surface area contributed by atoms with Crippen LogP contribution in [0, 0.1) is 0 Å². The lowest BCUT2D eigenvalue weighted by atomic mass is 10.3. The van der Waals surface area contributed by atoms with Crippen LogP contribution in [0.25, 0.3) is 0 Å². The molecule has 1 aliphatic rings. The van der Waals surface area contributed by atoms with Gasteiger partial charge in [0.25, 0.3) is 5.56 Å². The molecular formula is C11H16N4O4. The fraction of sp³-hybridized carbons (Fsp3) is 0.545. The average molecular weight is 268 g/mol. The van der Waals surface area contributed by atoms with E-state index >= 15 is 0 Å². The van der Waals surface area contributed by atoms with E-state index in [1.165, 1.54) is 0 Å². The van der Waals surface area contributed by atoms with E-state index in [1.54, 1.807) is 0 Å². The number of anilines is 1. The Balaban J connectivity index is 1.84. The Morgan fingerprint density at radius 2 is 2.26 bits per heavy atom.